The van der Waals surface area contributed by atoms with Crippen molar-refractivity contribution >= 4 is 5.91 Å². The normalized spacial score (nSPS) is 9.77. The number of aromatic nitrogens is 1. The van der Waals surface area contributed by atoms with Gasteiger partial charge in [-0.15, -0.1) is 0 Å². The molecule has 0 saturated carbocycles. The fourth-order valence-electron chi connectivity index (χ4n) is 1.26. The lowest BCUT2D eigenvalue weighted by Gasteiger charge is -2.08. The van der Waals surface area contributed by atoms with Crippen LogP contribution in [-0.2, 0) is 0 Å². The van der Waals surface area contributed by atoms with Gasteiger partial charge in [-0.25, -0.2) is 0 Å². The molecule has 4 heteroatoms. The van der Waals surface area contributed by atoms with E-state index in [2.05, 4.69) is 4.98 Å². The van der Waals surface area contributed by atoms with Gasteiger partial charge in [0.1, 0.15) is 0 Å². The lowest BCUT2D eigenvalue weighted by molar-refractivity contribution is 0.0997. The molecule has 0 atom stereocenters. The van der Waals surface area contributed by atoms with E-state index in [4.69, 9.17) is 10.5 Å². The van der Waals surface area contributed by atoms with Crippen molar-refractivity contribution in [3.05, 3.63) is 23.0 Å². The number of pyridine rings is 1. The maximum Gasteiger partial charge on any atom is 0.252 e. The van der Waals surface area contributed by atoms with Crippen LogP contribution >= 0.6 is 0 Å². The second-order valence-corrected chi connectivity index (χ2v) is 2.79. The van der Waals surface area contributed by atoms with Crippen molar-refractivity contribution in [2.24, 2.45) is 5.73 Å². The molecule has 1 aromatic rings. The summed E-state index contributed by atoms with van der Waals surface area (Å²) < 4.78 is 5.03. The molecule has 0 aromatic carbocycles. The van der Waals surface area contributed by atoms with Crippen LogP contribution in [0.5, 0.6) is 5.75 Å². The van der Waals surface area contributed by atoms with E-state index in [-0.39, 0.29) is 0 Å². The monoisotopic (exact) mass is 180 g/mol. The zero-order valence-corrected chi connectivity index (χ0v) is 7.92. The smallest absolute Gasteiger partial charge is 0.252 e. The summed E-state index contributed by atoms with van der Waals surface area (Å²) in [6.45, 7) is 3.58. The zero-order chi connectivity index (χ0) is 10.0. The minimum atomic E-state index is -0.495. The highest BCUT2D eigenvalue weighted by atomic mass is 16.5. The topological polar surface area (TPSA) is 65.2 Å². The first kappa shape index (κ1) is 9.51. The van der Waals surface area contributed by atoms with Crippen LogP contribution in [-0.4, -0.2) is 18.0 Å². The van der Waals surface area contributed by atoms with E-state index in [1.54, 1.807) is 19.9 Å². The number of hydrogen-bond acceptors (Lipinski definition) is 3. The van der Waals surface area contributed by atoms with Crippen LogP contribution in [0.2, 0.25) is 0 Å². The predicted molar refractivity (Wildman–Crippen MR) is 48.8 cm³/mol. The summed E-state index contributed by atoms with van der Waals surface area (Å²) in [5, 5.41) is 0. The number of primary amides is 1. The Bertz CT molecular complexity index is 348. The molecule has 0 saturated heterocycles. The lowest BCUT2D eigenvalue weighted by atomic mass is 10.1. The fraction of sp³-hybridized carbons (Fsp3) is 0.333. The molecule has 1 aromatic heterocycles. The summed E-state index contributed by atoms with van der Waals surface area (Å²) in [5.41, 5.74) is 7.00. The molecule has 1 amide bonds. The van der Waals surface area contributed by atoms with Gasteiger partial charge in [0.25, 0.3) is 5.91 Å². The van der Waals surface area contributed by atoms with Crippen molar-refractivity contribution in [1.29, 1.82) is 0 Å². The molecule has 0 spiro atoms. The molecular formula is C9H12N2O2. The average Bonchev–Trinajstić information content (AvgIpc) is 2.02. The third kappa shape index (κ3) is 1.77. The molecule has 0 bridgehead atoms. The summed E-state index contributed by atoms with van der Waals surface area (Å²) in [7, 11) is 1.49. The molecule has 4 nitrogen and oxygen atoms in total. The summed E-state index contributed by atoms with van der Waals surface area (Å²) in [6.07, 6.45) is 0. The number of nitrogens with two attached hydrogens (primary N) is 1. The number of amides is 1. The highest BCUT2D eigenvalue weighted by molar-refractivity contribution is 5.96. The van der Waals surface area contributed by atoms with Gasteiger partial charge in [0.05, 0.1) is 18.4 Å². The predicted octanol–water partition coefficient (Wildman–Crippen LogP) is 0.806. The molecule has 0 fully saturated rings. The van der Waals surface area contributed by atoms with Gasteiger partial charge < -0.3 is 10.5 Å². The Morgan fingerprint density at radius 3 is 2.62 bits per heavy atom. The lowest BCUT2D eigenvalue weighted by Crippen LogP contribution is -2.14. The SMILES string of the molecule is COc1c(C(N)=O)cc(C)nc1C. The number of methoxy groups -OCH3 is 1. The van der Waals surface area contributed by atoms with Crippen LogP contribution in [0.15, 0.2) is 6.07 Å². The molecule has 13 heavy (non-hydrogen) atoms. The summed E-state index contributed by atoms with van der Waals surface area (Å²) in [6, 6.07) is 1.62. The van der Waals surface area contributed by atoms with E-state index < -0.39 is 5.91 Å². The highest BCUT2D eigenvalue weighted by Gasteiger charge is 2.12. The Balaban J connectivity index is 3.38. The van der Waals surface area contributed by atoms with Gasteiger partial charge in [0.2, 0.25) is 0 Å². The molecule has 1 rings (SSSR count). The Hall–Kier alpha value is -1.58. The maximum absolute atomic E-state index is 11.0. The van der Waals surface area contributed by atoms with Gasteiger partial charge in [-0.2, -0.15) is 0 Å². The number of nitrogens with zero attached hydrogens (tertiary/aromatic N) is 1. The van der Waals surface area contributed by atoms with E-state index >= 15 is 0 Å². The van der Waals surface area contributed by atoms with E-state index in [1.165, 1.54) is 7.11 Å². The number of hydrogen-bond donors (Lipinski definition) is 1. The molecule has 0 aliphatic rings. The molecule has 0 unspecified atom stereocenters. The van der Waals surface area contributed by atoms with E-state index in [9.17, 15) is 4.79 Å². The van der Waals surface area contributed by atoms with Crippen molar-refractivity contribution < 1.29 is 9.53 Å². The Morgan fingerprint density at radius 1 is 1.54 bits per heavy atom. The first-order valence-corrected chi connectivity index (χ1v) is 3.88. The molecule has 2 N–H and O–H groups in total. The van der Waals surface area contributed by atoms with Crippen LogP contribution in [0.3, 0.4) is 0 Å². The summed E-state index contributed by atoms with van der Waals surface area (Å²) in [5.74, 6) is -0.0384. The highest BCUT2D eigenvalue weighted by Crippen LogP contribution is 2.21. The molecule has 0 radical (unpaired) electrons. The first-order valence-electron chi connectivity index (χ1n) is 3.88. The Morgan fingerprint density at radius 2 is 2.15 bits per heavy atom. The van der Waals surface area contributed by atoms with Crippen molar-refractivity contribution in [3.63, 3.8) is 0 Å². The third-order valence-electron chi connectivity index (χ3n) is 1.74. The van der Waals surface area contributed by atoms with E-state index in [0.717, 1.165) is 5.69 Å². The molecule has 70 valence electrons. The van der Waals surface area contributed by atoms with Crippen LogP contribution in [0.25, 0.3) is 0 Å². The van der Waals surface area contributed by atoms with Crippen molar-refractivity contribution in [2.45, 2.75) is 13.8 Å². The first-order chi connectivity index (χ1) is 6.06. The van der Waals surface area contributed by atoms with E-state index in [0.29, 0.717) is 17.0 Å². The van der Waals surface area contributed by atoms with Gasteiger partial charge in [0, 0.05) is 5.69 Å². The second-order valence-electron chi connectivity index (χ2n) is 2.79. The van der Waals surface area contributed by atoms with Gasteiger partial charge in [-0.1, -0.05) is 0 Å². The zero-order valence-electron chi connectivity index (χ0n) is 7.92. The van der Waals surface area contributed by atoms with Gasteiger partial charge in [0.15, 0.2) is 5.75 Å². The quantitative estimate of drug-likeness (QED) is 0.732. The molecular weight excluding hydrogens is 168 g/mol. The molecule has 0 aliphatic carbocycles. The Kier molecular flexibility index (Phi) is 2.51. The minimum Gasteiger partial charge on any atom is -0.494 e. The standard InChI is InChI=1S/C9H12N2O2/c1-5-4-7(9(10)12)8(13-3)6(2)11-5/h4H,1-3H3,(H2,10,12). The summed E-state index contributed by atoms with van der Waals surface area (Å²) >= 11 is 0. The number of rotatable bonds is 2. The Labute approximate surface area is 76.7 Å². The fourth-order valence-corrected chi connectivity index (χ4v) is 1.26. The maximum atomic E-state index is 11.0. The van der Waals surface area contributed by atoms with Crippen LogP contribution in [0.4, 0.5) is 0 Å². The van der Waals surface area contributed by atoms with E-state index in [1.807, 2.05) is 0 Å². The number of aryl methyl sites for hydroxylation is 2. The van der Waals surface area contributed by atoms with Gasteiger partial charge in [-0.05, 0) is 19.9 Å². The number of carbonyl (C=O) groups excluding carboxylic acids is 1. The minimum absolute atomic E-state index is 0.382. The summed E-state index contributed by atoms with van der Waals surface area (Å²) in [4.78, 5) is 15.2. The van der Waals surface area contributed by atoms with Crippen molar-refractivity contribution in [2.75, 3.05) is 7.11 Å². The number of ether oxygens (including phenoxy) is 1. The van der Waals surface area contributed by atoms with Crippen LogP contribution in [0.1, 0.15) is 21.7 Å². The van der Waals surface area contributed by atoms with Crippen LogP contribution < -0.4 is 10.5 Å². The third-order valence-corrected chi connectivity index (χ3v) is 1.74. The van der Waals surface area contributed by atoms with Crippen LogP contribution in [0, 0.1) is 13.8 Å². The van der Waals surface area contributed by atoms with Crippen molar-refractivity contribution in [3.8, 4) is 5.75 Å². The van der Waals surface area contributed by atoms with Crippen molar-refractivity contribution in [1.82, 2.24) is 4.98 Å². The largest absolute Gasteiger partial charge is 0.494 e. The van der Waals surface area contributed by atoms with Gasteiger partial charge in [-0.3, -0.25) is 9.78 Å². The molecule has 1 heterocycles. The average molecular weight is 180 g/mol. The second kappa shape index (κ2) is 3.43. The van der Waals surface area contributed by atoms with Gasteiger partial charge >= 0.3 is 0 Å². The molecule has 0 aliphatic heterocycles. The number of carbonyl (C=O) groups is 1.